The Bertz CT molecular complexity index is 792. The van der Waals surface area contributed by atoms with E-state index in [0.717, 1.165) is 28.2 Å². The number of halogens is 1. The predicted molar refractivity (Wildman–Crippen MR) is 81.4 cm³/mol. The van der Waals surface area contributed by atoms with Gasteiger partial charge >= 0.3 is 0 Å². The fraction of sp³-hybridized carbons (Fsp3) is 0. The quantitative estimate of drug-likeness (QED) is 0.693. The van der Waals surface area contributed by atoms with Gasteiger partial charge in [-0.2, -0.15) is 0 Å². The van der Waals surface area contributed by atoms with Gasteiger partial charge in [-0.15, -0.1) is 0 Å². The molecule has 3 aromatic rings. The maximum atomic E-state index is 10.8. The first kappa shape index (κ1) is 12.7. The van der Waals surface area contributed by atoms with Gasteiger partial charge in [-0.25, -0.2) is 0 Å². The van der Waals surface area contributed by atoms with Crippen molar-refractivity contribution in [2.24, 2.45) is 0 Å². The van der Waals surface area contributed by atoms with Gasteiger partial charge in [-0.1, -0.05) is 35.9 Å². The van der Waals surface area contributed by atoms with Crippen LogP contribution in [0, 0.1) is 0 Å². The van der Waals surface area contributed by atoms with Crippen LogP contribution in [-0.2, 0) is 0 Å². The van der Waals surface area contributed by atoms with Gasteiger partial charge in [-0.3, -0.25) is 4.79 Å². The van der Waals surface area contributed by atoms with Crippen molar-refractivity contribution in [3.05, 3.63) is 65.2 Å². The lowest BCUT2D eigenvalue weighted by atomic mass is 10.00. The molecule has 0 spiro atoms. The SMILES string of the molecule is O=Cc1ccc2cc(-c3ccc(O)cc3)cc(Cl)c2c1. The Balaban J connectivity index is 2.19. The maximum absolute atomic E-state index is 10.8. The molecule has 0 unspecified atom stereocenters. The van der Waals surface area contributed by atoms with E-state index in [9.17, 15) is 9.90 Å². The molecule has 0 aliphatic heterocycles. The van der Waals surface area contributed by atoms with Gasteiger partial charge in [0.25, 0.3) is 0 Å². The summed E-state index contributed by atoms with van der Waals surface area (Å²) in [5.74, 6) is 0.233. The Morgan fingerprint density at radius 3 is 2.35 bits per heavy atom. The molecule has 3 rings (SSSR count). The minimum absolute atomic E-state index is 0.233. The lowest BCUT2D eigenvalue weighted by Crippen LogP contribution is -1.84. The molecular weight excluding hydrogens is 272 g/mol. The van der Waals surface area contributed by atoms with Gasteiger partial charge < -0.3 is 5.11 Å². The molecule has 2 nitrogen and oxygen atoms in total. The lowest BCUT2D eigenvalue weighted by Gasteiger charge is -2.07. The van der Waals surface area contributed by atoms with E-state index in [-0.39, 0.29) is 5.75 Å². The van der Waals surface area contributed by atoms with Crippen LogP contribution in [0.3, 0.4) is 0 Å². The molecule has 1 N–H and O–H groups in total. The lowest BCUT2D eigenvalue weighted by molar-refractivity contribution is 0.112. The molecule has 0 aliphatic rings. The van der Waals surface area contributed by atoms with Crippen LogP contribution in [0.4, 0.5) is 0 Å². The largest absolute Gasteiger partial charge is 0.508 e. The molecule has 98 valence electrons. The van der Waals surface area contributed by atoms with E-state index in [1.165, 1.54) is 0 Å². The van der Waals surface area contributed by atoms with E-state index in [0.29, 0.717) is 10.6 Å². The van der Waals surface area contributed by atoms with Crippen molar-refractivity contribution in [3.8, 4) is 16.9 Å². The second-order valence-electron chi connectivity index (χ2n) is 4.60. The molecule has 3 heteroatoms. The highest BCUT2D eigenvalue weighted by Crippen LogP contribution is 2.31. The van der Waals surface area contributed by atoms with Crippen LogP contribution in [0.2, 0.25) is 5.02 Å². The molecule has 20 heavy (non-hydrogen) atoms. The third-order valence-corrected chi connectivity index (χ3v) is 3.58. The first-order valence-electron chi connectivity index (χ1n) is 6.15. The Hall–Kier alpha value is -2.32. The van der Waals surface area contributed by atoms with Crippen LogP contribution in [0.15, 0.2) is 54.6 Å². The monoisotopic (exact) mass is 282 g/mol. The third-order valence-electron chi connectivity index (χ3n) is 3.26. The zero-order valence-corrected chi connectivity index (χ0v) is 11.3. The Labute approximate surface area is 121 Å². The highest BCUT2D eigenvalue weighted by atomic mass is 35.5. The van der Waals surface area contributed by atoms with Gasteiger partial charge in [0.2, 0.25) is 0 Å². The molecule has 0 aliphatic carbocycles. The van der Waals surface area contributed by atoms with Crippen molar-refractivity contribution < 1.29 is 9.90 Å². The van der Waals surface area contributed by atoms with Crippen molar-refractivity contribution in [2.45, 2.75) is 0 Å². The normalized spacial score (nSPS) is 10.7. The van der Waals surface area contributed by atoms with Crippen molar-refractivity contribution in [1.82, 2.24) is 0 Å². The number of aromatic hydroxyl groups is 1. The molecule has 0 radical (unpaired) electrons. The zero-order chi connectivity index (χ0) is 14.1. The Kier molecular flexibility index (Phi) is 3.17. The van der Waals surface area contributed by atoms with E-state index < -0.39 is 0 Å². The smallest absolute Gasteiger partial charge is 0.150 e. The minimum Gasteiger partial charge on any atom is -0.508 e. The first-order valence-corrected chi connectivity index (χ1v) is 6.53. The van der Waals surface area contributed by atoms with Gasteiger partial charge in [0.1, 0.15) is 12.0 Å². The highest BCUT2D eigenvalue weighted by molar-refractivity contribution is 6.36. The Morgan fingerprint density at radius 1 is 0.900 bits per heavy atom. The van der Waals surface area contributed by atoms with Crippen LogP contribution in [0.5, 0.6) is 5.75 Å². The molecular formula is C17H11ClO2. The number of rotatable bonds is 2. The number of phenolic OH excluding ortho intramolecular Hbond substituents is 1. The van der Waals surface area contributed by atoms with Gasteiger partial charge in [0, 0.05) is 16.0 Å². The number of carbonyl (C=O) groups is 1. The summed E-state index contributed by atoms with van der Waals surface area (Å²) in [6.45, 7) is 0. The predicted octanol–water partition coefficient (Wildman–Crippen LogP) is 4.68. The molecule has 0 atom stereocenters. The number of aldehydes is 1. The summed E-state index contributed by atoms with van der Waals surface area (Å²) in [5.41, 5.74) is 2.56. The second kappa shape index (κ2) is 4.99. The number of benzene rings is 3. The van der Waals surface area contributed by atoms with Gasteiger partial charge in [-0.05, 0) is 46.8 Å². The topological polar surface area (TPSA) is 37.3 Å². The number of phenols is 1. The third kappa shape index (κ3) is 2.26. The van der Waals surface area contributed by atoms with E-state index in [1.54, 1.807) is 24.3 Å². The van der Waals surface area contributed by atoms with E-state index >= 15 is 0 Å². The molecule has 0 saturated carbocycles. The molecule has 0 heterocycles. The summed E-state index contributed by atoms with van der Waals surface area (Å²) in [5, 5.41) is 11.8. The number of carbonyl (C=O) groups excluding carboxylic acids is 1. The Morgan fingerprint density at radius 2 is 1.65 bits per heavy atom. The van der Waals surface area contributed by atoms with Crippen LogP contribution in [0.1, 0.15) is 10.4 Å². The summed E-state index contributed by atoms with van der Waals surface area (Å²) in [4.78, 5) is 10.8. The number of fused-ring (bicyclic) bond motifs is 1. The number of hydrogen-bond donors (Lipinski definition) is 1. The minimum atomic E-state index is 0.233. The molecule has 0 fully saturated rings. The summed E-state index contributed by atoms with van der Waals surface area (Å²) in [6.07, 6.45) is 0.809. The van der Waals surface area contributed by atoms with Crippen molar-refractivity contribution in [1.29, 1.82) is 0 Å². The van der Waals surface area contributed by atoms with Gasteiger partial charge in [0.15, 0.2) is 0 Å². The van der Waals surface area contributed by atoms with E-state index in [1.807, 2.05) is 30.3 Å². The van der Waals surface area contributed by atoms with Crippen LogP contribution in [-0.4, -0.2) is 11.4 Å². The fourth-order valence-electron chi connectivity index (χ4n) is 2.22. The van der Waals surface area contributed by atoms with Crippen molar-refractivity contribution in [2.75, 3.05) is 0 Å². The highest BCUT2D eigenvalue weighted by Gasteiger charge is 2.05. The molecule has 0 amide bonds. The number of hydrogen-bond acceptors (Lipinski definition) is 2. The van der Waals surface area contributed by atoms with Gasteiger partial charge in [0.05, 0.1) is 0 Å². The van der Waals surface area contributed by atoms with Crippen LogP contribution >= 0.6 is 11.6 Å². The summed E-state index contributed by atoms with van der Waals surface area (Å²) >= 11 is 6.31. The maximum Gasteiger partial charge on any atom is 0.150 e. The summed E-state index contributed by atoms with van der Waals surface area (Å²) in [7, 11) is 0. The standard InChI is InChI=1S/C17H11ClO2/c18-17-9-14(12-3-5-15(20)6-4-12)8-13-2-1-11(10-19)7-16(13)17/h1-10,20H. The molecule has 0 bridgehead atoms. The summed E-state index contributed by atoms with van der Waals surface area (Å²) < 4.78 is 0. The van der Waals surface area contributed by atoms with Crippen molar-refractivity contribution >= 4 is 28.7 Å². The van der Waals surface area contributed by atoms with Crippen molar-refractivity contribution in [3.63, 3.8) is 0 Å². The molecule has 0 saturated heterocycles. The average molecular weight is 283 g/mol. The first-order chi connectivity index (χ1) is 9.67. The fourth-order valence-corrected chi connectivity index (χ4v) is 2.51. The second-order valence-corrected chi connectivity index (χ2v) is 5.01. The average Bonchev–Trinajstić information content (AvgIpc) is 2.47. The van der Waals surface area contributed by atoms with Crippen LogP contribution < -0.4 is 0 Å². The van der Waals surface area contributed by atoms with Crippen LogP contribution in [0.25, 0.3) is 21.9 Å². The summed E-state index contributed by atoms with van der Waals surface area (Å²) in [6, 6.07) is 16.3. The van der Waals surface area contributed by atoms with E-state index in [2.05, 4.69) is 0 Å². The van der Waals surface area contributed by atoms with E-state index in [4.69, 9.17) is 11.6 Å². The molecule has 3 aromatic carbocycles. The molecule has 0 aromatic heterocycles. The zero-order valence-electron chi connectivity index (χ0n) is 10.5.